The van der Waals surface area contributed by atoms with Crippen LogP contribution in [0.1, 0.15) is 38.3 Å². The third-order valence-electron chi connectivity index (χ3n) is 4.11. The molecule has 3 rings (SSSR count). The summed E-state index contributed by atoms with van der Waals surface area (Å²) in [7, 11) is 0. The first-order valence-corrected chi connectivity index (χ1v) is 7.94. The molecular weight excluding hydrogens is 260 g/mol. The molecule has 0 spiro atoms. The highest BCUT2D eigenvalue weighted by Crippen LogP contribution is 2.61. The van der Waals surface area contributed by atoms with Gasteiger partial charge in [-0.2, -0.15) is 0 Å². The number of rotatable bonds is 7. The van der Waals surface area contributed by atoms with E-state index in [1.165, 1.54) is 25.7 Å². The zero-order valence-electron chi connectivity index (χ0n) is 11.3. The molecule has 5 heteroatoms. The van der Waals surface area contributed by atoms with Gasteiger partial charge in [-0.3, -0.25) is 4.79 Å². The van der Waals surface area contributed by atoms with Crippen LogP contribution in [0.25, 0.3) is 0 Å². The second-order valence-corrected chi connectivity index (χ2v) is 6.47. The Balaban J connectivity index is 1.49. The minimum absolute atomic E-state index is 0.198. The fraction of sp³-hybridized carbons (Fsp3) is 0.714. The SMILES string of the molecule is CCOC(=O)Cc1csc(NCC2(C3CC3)CC2)n1. The van der Waals surface area contributed by atoms with Crippen molar-refractivity contribution in [3.8, 4) is 0 Å². The van der Waals surface area contributed by atoms with Gasteiger partial charge in [-0.1, -0.05) is 0 Å². The van der Waals surface area contributed by atoms with Gasteiger partial charge in [-0.25, -0.2) is 4.98 Å². The summed E-state index contributed by atoms with van der Waals surface area (Å²) in [5, 5.41) is 6.33. The average Bonchev–Trinajstić information content (AvgIpc) is 3.27. The Hall–Kier alpha value is -1.10. The molecule has 2 fully saturated rings. The fourth-order valence-electron chi connectivity index (χ4n) is 2.67. The minimum atomic E-state index is -0.198. The molecule has 19 heavy (non-hydrogen) atoms. The summed E-state index contributed by atoms with van der Waals surface area (Å²) in [4.78, 5) is 15.8. The molecule has 0 aliphatic heterocycles. The van der Waals surface area contributed by atoms with Crippen molar-refractivity contribution in [2.24, 2.45) is 11.3 Å². The number of carbonyl (C=O) groups excluding carboxylic acids is 1. The smallest absolute Gasteiger partial charge is 0.311 e. The lowest BCUT2D eigenvalue weighted by molar-refractivity contribution is -0.142. The van der Waals surface area contributed by atoms with Gasteiger partial charge in [0, 0.05) is 11.9 Å². The average molecular weight is 280 g/mol. The van der Waals surface area contributed by atoms with Crippen LogP contribution in [0.5, 0.6) is 0 Å². The topological polar surface area (TPSA) is 51.2 Å². The van der Waals surface area contributed by atoms with E-state index in [4.69, 9.17) is 4.74 Å². The van der Waals surface area contributed by atoms with Gasteiger partial charge in [-0.05, 0) is 43.9 Å². The summed E-state index contributed by atoms with van der Waals surface area (Å²) in [6, 6.07) is 0. The summed E-state index contributed by atoms with van der Waals surface area (Å²) in [5.41, 5.74) is 1.38. The van der Waals surface area contributed by atoms with E-state index < -0.39 is 0 Å². The molecule has 1 aromatic heterocycles. The van der Waals surface area contributed by atoms with Crippen LogP contribution in [0.15, 0.2) is 5.38 Å². The summed E-state index contributed by atoms with van der Waals surface area (Å²) >= 11 is 1.58. The van der Waals surface area contributed by atoms with E-state index in [1.54, 1.807) is 11.3 Å². The van der Waals surface area contributed by atoms with Gasteiger partial charge < -0.3 is 10.1 Å². The summed E-state index contributed by atoms with van der Waals surface area (Å²) in [5.74, 6) is 0.759. The predicted octanol–water partition coefficient (Wildman–Crippen LogP) is 2.85. The van der Waals surface area contributed by atoms with E-state index >= 15 is 0 Å². The number of carbonyl (C=O) groups is 1. The maximum absolute atomic E-state index is 11.4. The Bertz CT molecular complexity index is 464. The Morgan fingerprint density at radius 2 is 2.37 bits per heavy atom. The van der Waals surface area contributed by atoms with Gasteiger partial charge in [0.15, 0.2) is 5.13 Å². The van der Waals surface area contributed by atoms with Gasteiger partial charge in [0.1, 0.15) is 0 Å². The van der Waals surface area contributed by atoms with Crippen LogP contribution in [0, 0.1) is 11.3 Å². The molecule has 0 unspecified atom stereocenters. The van der Waals surface area contributed by atoms with Crippen molar-refractivity contribution in [1.29, 1.82) is 0 Å². The number of nitrogens with one attached hydrogen (secondary N) is 1. The highest BCUT2D eigenvalue weighted by Gasteiger charge is 2.53. The first-order chi connectivity index (χ1) is 9.22. The van der Waals surface area contributed by atoms with Crippen molar-refractivity contribution in [2.75, 3.05) is 18.5 Å². The molecule has 0 bridgehead atoms. The van der Waals surface area contributed by atoms with Crippen molar-refractivity contribution in [3.63, 3.8) is 0 Å². The number of esters is 1. The number of nitrogens with zero attached hydrogens (tertiary/aromatic N) is 1. The summed E-state index contributed by atoms with van der Waals surface area (Å²) in [6.45, 7) is 3.29. The molecule has 1 heterocycles. The molecule has 0 amide bonds. The Morgan fingerprint density at radius 1 is 1.58 bits per heavy atom. The molecule has 2 saturated carbocycles. The minimum Gasteiger partial charge on any atom is -0.466 e. The van der Waals surface area contributed by atoms with E-state index in [0.717, 1.165) is 23.3 Å². The molecule has 2 aliphatic rings. The van der Waals surface area contributed by atoms with Crippen LogP contribution in [-0.4, -0.2) is 24.1 Å². The van der Waals surface area contributed by atoms with E-state index in [0.29, 0.717) is 12.0 Å². The lowest BCUT2D eigenvalue weighted by Crippen LogP contribution is -2.17. The maximum atomic E-state index is 11.4. The van der Waals surface area contributed by atoms with Crippen molar-refractivity contribution in [1.82, 2.24) is 4.98 Å². The van der Waals surface area contributed by atoms with Crippen LogP contribution in [0.2, 0.25) is 0 Å². The van der Waals surface area contributed by atoms with Gasteiger partial charge in [0.05, 0.1) is 18.7 Å². The summed E-state index contributed by atoms with van der Waals surface area (Å²) in [6.07, 6.45) is 5.83. The van der Waals surface area contributed by atoms with Crippen molar-refractivity contribution in [3.05, 3.63) is 11.1 Å². The fourth-order valence-corrected chi connectivity index (χ4v) is 3.38. The maximum Gasteiger partial charge on any atom is 0.311 e. The van der Waals surface area contributed by atoms with Crippen LogP contribution in [0.3, 0.4) is 0 Å². The number of ether oxygens (including phenoxy) is 1. The quantitative estimate of drug-likeness (QED) is 0.780. The number of hydrogen-bond donors (Lipinski definition) is 1. The van der Waals surface area contributed by atoms with Crippen LogP contribution in [0.4, 0.5) is 5.13 Å². The van der Waals surface area contributed by atoms with Crippen molar-refractivity contribution >= 4 is 22.4 Å². The Morgan fingerprint density at radius 3 is 3.00 bits per heavy atom. The highest BCUT2D eigenvalue weighted by atomic mass is 32.1. The Labute approximate surface area is 117 Å². The van der Waals surface area contributed by atoms with E-state index in [9.17, 15) is 4.79 Å². The monoisotopic (exact) mass is 280 g/mol. The van der Waals surface area contributed by atoms with Gasteiger partial charge in [0.2, 0.25) is 0 Å². The van der Waals surface area contributed by atoms with Crippen LogP contribution >= 0.6 is 11.3 Å². The normalized spacial score (nSPS) is 20.1. The second kappa shape index (κ2) is 5.12. The van der Waals surface area contributed by atoms with Crippen LogP contribution in [-0.2, 0) is 16.0 Å². The highest BCUT2D eigenvalue weighted by molar-refractivity contribution is 7.13. The molecule has 104 valence electrons. The molecule has 2 aliphatic carbocycles. The third-order valence-corrected chi connectivity index (χ3v) is 4.96. The molecular formula is C14H20N2O2S. The molecule has 4 nitrogen and oxygen atoms in total. The zero-order chi connectivity index (χ0) is 13.3. The molecule has 0 atom stereocenters. The summed E-state index contributed by atoms with van der Waals surface area (Å²) < 4.78 is 4.92. The van der Waals surface area contributed by atoms with Crippen LogP contribution < -0.4 is 5.32 Å². The van der Waals surface area contributed by atoms with Gasteiger partial charge in [0.25, 0.3) is 0 Å². The van der Waals surface area contributed by atoms with Crippen molar-refractivity contribution in [2.45, 2.75) is 39.0 Å². The van der Waals surface area contributed by atoms with E-state index in [2.05, 4.69) is 10.3 Å². The first kappa shape index (κ1) is 12.9. The standard InChI is InChI=1S/C14H20N2O2S/c1-2-18-12(17)7-11-8-19-13(16-11)15-9-14(5-6-14)10-3-4-10/h8,10H,2-7,9H2,1H3,(H,15,16). The lowest BCUT2D eigenvalue weighted by atomic mass is 10.0. The third kappa shape index (κ3) is 3.08. The molecule has 1 N–H and O–H groups in total. The van der Waals surface area contributed by atoms with Gasteiger partial charge >= 0.3 is 5.97 Å². The van der Waals surface area contributed by atoms with Crippen molar-refractivity contribution < 1.29 is 9.53 Å². The van der Waals surface area contributed by atoms with Gasteiger partial charge in [-0.15, -0.1) is 11.3 Å². The molecule has 0 radical (unpaired) electrons. The number of hydrogen-bond acceptors (Lipinski definition) is 5. The number of anilines is 1. The number of aromatic nitrogens is 1. The largest absolute Gasteiger partial charge is 0.466 e. The number of thiazole rings is 1. The predicted molar refractivity (Wildman–Crippen MR) is 75.3 cm³/mol. The zero-order valence-corrected chi connectivity index (χ0v) is 12.1. The molecule has 0 aromatic carbocycles. The van der Waals surface area contributed by atoms with E-state index in [-0.39, 0.29) is 12.4 Å². The lowest BCUT2D eigenvalue weighted by Gasteiger charge is -2.13. The second-order valence-electron chi connectivity index (χ2n) is 5.62. The Kier molecular flexibility index (Phi) is 3.48. The first-order valence-electron chi connectivity index (χ1n) is 7.06. The molecule has 1 aromatic rings. The molecule has 0 saturated heterocycles. The van der Waals surface area contributed by atoms with E-state index in [1.807, 2.05) is 12.3 Å².